The molecule has 13 N–H and O–H groups in total. The molecule has 9 amide bonds. The zero-order valence-corrected chi connectivity index (χ0v) is 35.8. The maximum atomic E-state index is 13.3. The van der Waals surface area contributed by atoms with Crippen molar-refractivity contribution in [3.63, 3.8) is 0 Å². The van der Waals surface area contributed by atoms with Crippen LogP contribution in [0.5, 0.6) is 0 Å². The first-order valence-electron chi connectivity index (χ1n) is 19.6. The summed E-state index contributed by atoms with van der Waals surface area (Å²) in [6.07, 6.45) is 0.474. The van der Waals surface area contributed by atoms with Crippen molar-refractivity contribution in [2.75, 3.05) is 32.0 Å². The Morgan fingerprint density at radius 3 is 1.65 bits per heavy atom. The second-order valence-corrected chi connectivity index (χ2v) is 15.2. The predicted molar refractivity (Wildman–Crippen MR) is 216 cm³/mol. The molecule has 0 spiro atoms. The number of aliphatic hydroxyl groups excluding tert-OH is 2. The van der Waals surface area contributed by atoms with Crippen LogP contribution >= 0.6 is 12.6 Å². The summed E-state index contributed by atoms with van der Waals surface area (Å²) in [4.78, 5) is 126. The van der Waals surface area contributed by atoms with Crippen LogP contribution in [0.25, 0.3) is 0 Å². The van der Waals surface area contributed by atoms with Gasteiger partial charge in [0.15, 0.2) is 0 Å². The molecular formula is C36H62N10O13S. The van der Waals surface area contributed by atoms with E-state index in [0.717, 1.165) is 6.42 Å². The molecule has 10 atom stereocenters. The first kappa shape index (κ1) is 52.9. The Morgan fingerprint density at radius 1 is 0.650 bits per heavy atom. The standard InChI is InChI=1S/C36H62N10O13S/c1-8-17(4)27(45-35(57)28(20(7)48)46-31(53)21-10-9-11-37-21)34(56)40-18(5)29(51)38-12-25(50)43-23(15-60)30(52)39-13-24(49)42-22(14-47)32(54)44-26(16(2)3)33(55)41-19(6)36(58)59/h16-23,26-28,37,47-48,60H,8-15H2,1-7H3,(H,38,51)(H,39,52)(H,40,56)(H,41,55)(H,42,49)(H,43,50)(H,44,54)(H,45,57)(H,46,53)(H,58,59)/t17-,18-,19-,20+,21-,22-,23-,26-,27-,28-/m0/s1. The lowest BCUT2D eigenvalue weighted by Crippen LogP contribution is -2.61. The van der Waals surface area contributed by atoms with Crippen LogP contribution in [0, 0.1) is 11.8 Å². The molecule has 0 aromatic carbocycles. The lowest BCUT2D eigenvalue weighted by atomic mass is 9.97. The minimum atomic E-state index is -1.56. The highest BCUT2D eigenvalue weighted by Crippen LogP contribution is 2.11. The van der Waals surface area contributed by atoms with Crippen molar-refractivity contribution < 1.29 is 63.3 Å². The summed E-state index contributed by atoms with van der Waals surface area (Å²) in [6, 6.07) is -9.59. The van der Waals surface area contributed by atoms with Crippen molar-refractivity contribution in [3.05, 3.63) is 0 Å². The highest BCUT2D eigenvalue weighted by Gasteiger charge is 2.35. The molecule has 0 unspecified atom stereocenters. The summed E-state index contributed by atoms with van der Waals surface area (Å²) in [5.74, 6) is -9.74. The first-order chi connectivity index (χ1) is 28.1. The fourth-order valence-corrected chi connectivity index (χ4v) is 5.78. The Labute approximate surface area is 353 Å². The molecule has 1 rings (SSSR count). The number of thiol groups is 1. The van der Waals surface area contributed by atoms with Crippen molar-refractivity contribution in [1.29, 1.82) is 0 Å². The fraction of sp³-hybridized carbons (Fsp3) is 0.722. The van der Waals surface area contributed by atoms with Gasteiger partial charge in [-0.15, -0.1) is 0 Å². The number of aliphatic carboxylic acids is 1. The Morgan fingerprint density at radius 2 is 1.17 bits per heavy atom. The van der Waals surface area contributed by atoms with Crippen molar-refractivity contribution in [1.82, 2.24) is 53.2 Å². The molecule has 0 aromatic heterocycles. The molecular weight excluding hydrogens is 813 g/mol. The van der Waals surface area contributed by atoms with Crippen LogP contribution in [0.3, 0.4) is 0 Å². The maximum absolute atomic E-state index is 13.3. The lowest BCUT2D eigenvalue weighted by molar-refractivity contribution is -0.142. The smallest absolute Gasteiger partial charge is 0.325 e. The number of carbonyl (C=O) groups excluding carboxylic acids is 9. The van der Waals surface area contributed by atoms with Gasteiger partial charge in [0.25, 0.3) is 0 Å². The highest BCUT2D eigenvalue weighted by atomic mass is 32.1. The van der Waals surface area contributed by atoms with E-state index in [9.17, 15) is 58.2 Å². The molecule has 340 valence electrons. The van der Waals surface area contributed by atoms with E-state index in [1.165, 1.54) is 20.8 Å². The highest BCUT2D eigenvalue weighted by molar-refractivity contribution is 7.80. The number of amides is 9. The Hall–Kier alpha value is -5.07. The molecule has 1 aliphatic heterocycles. The fourth-order valence-electron chi connectivity index (χ4n) is 5.52. The van der Waals surface area contributed by atoms with Crippen molar-refractivity contribution >= 4 is 71.8 Å². The van der Waals surface area contributed by atoms with Gasteiger partial charge in [-0.1, -0.05) is 34.1 Å². The number of carbonyl (C=O) groups is 10. The van der Waals surface area contributed by atoms with Crippen molar-refractivity contribution in [3.8, 4) is 0 Å². The quantitative estimate of drug-likeness (QED) is 0.0381. The van der Waals surface area contributed by atoms with Gasteiger partial charge in [0.2, 0.25) is 53.2 Å². The minimum absolute atomic E-state index is 0.250. The average molecular weight is 875 g/mol. The molecule has 0 radical (unpaired) electrons. The third kappa shape index (κ3) is 17.6. The number of hydrogen-bond donors (Lipinski definition) is 14. The van der Waals surface area contributed by atoms with Gasteiger partial charge in [-0.25, -0.2) is 0 Å². The molecule has 60 heavy (non-hydrogen) atoms. The molecule has 1 fully saturated rings. The van der Waals surface area contributed by atoms with E-state index in [4.69, 9.17) is 5.11 Å². The Kier molecular flexibility index (Phi) is 23.1. The van der Waals surface area contributed by atoms with Crippen molar-refractivity contribution in [2.24, 2.45) is 11.8 Å². The first-order valence-corrected chi connectivity index (χ1v) is 20.2. The van der Waals surface area contributed by atoms with E-state index in [0.29, 0.717) is 19.4 Å². The van der Waals surface area contributed by atoms with Gasteiger partial charge in [-0.05, 0) is 52.0 Å². The zero-order chi connectivity index (χ0) is 45.9. The van der Waals surface area contributed by atoms with E-state index >= 15 is 0 Å². The second kappa shape index (κ2) is 26.2. The van der Waals surface area contributed by atoms with Gasteiger partial charge in [0, 0.05) is 5.75 Å². The molecule has 0 saturated carbocycles. The van der Waals surface area contributed by atoms with Gasteiger partial charge >= 0.3 is 5.97 Å². The van der Waals surface area contributed by atoms with Crippen LogP contribution in [-0.2, 0) is 47.9 Å². The average Bonchev–Trinajstić information content (AvgIpc) is 3.74. The molecule has 1 aliphatic rings. The topological polar surface area (TPSA) is 352 Å². The number of hydrogen-bond acceptors (Lipinski definition) is 14. The SMILES string of the molecule is CC[C@H](C)[C@H](NC(=O)[C@@H](NC(=O)[C@@H]1CCCN1)[C@@H](C)O)C(=O)N[C@@H](C)C(=O)NCC(=O)N[C@@H](CS)C(=O)NCC(=O)N[C@@H](CO)C(=O)N[C@H](C(=O)N[C@@H](C)C(=O)O)C(C)C. The Bertz CT molecular complexity index is 1550. The lowest BCUT2D eigenvalue weighted by Gasteiger charge is -2.29. The van der Waals surface area contributed by atoms with Crippen LogP contribution in [0.2, 0.25) is 0 Å². The summed E-state index contributed by atoms with van der Waals surface area (Å²) in [7, 11) is 0. The molecule has 0 aromatic rings. The van der Waals surface area contributed by atoms with Gasteiger partial charge in [-0.3, -0.25) is 47.9 Å². The molecule has 1 saturated heterocycles. The summed E-state index contributed by atoms with van der Waals surface area (Å²) in [5, 5.41) is 53.3. The van der Waals surface area contributed by atoms with E-state index in [2.05, 4.69) is 65.8 Å². The van der Waals surface area contributed by atoms with Crippen LogP contribution < -0.4 is 53.2 Å². The largest absolute Gasteiger partial charge is 0.480 e. The number of aliphatic hydroxyl groups is 2. The molecule has 1 heterocycles. The summed E-state index contributed by atoms with van der Waals surface area (Å²) in [5.41, 5.74) is 0. The number of carboxylic acids is 1. The predicted octanol–water partition coefficient (Wildman–Crippen LogP) is -5.51. The molecule has 0 bridgehead atoms. The molecule has 24 heteroatoms. The summed E-state index contributed by atoms with van der Waals surface area (Å²) in [6.45, 7) is 8.87. The van der Waals surface area contributed by atoms with Crippen LogP contribution in [0.15, 0.2) is 0 Å². The van der Waals surface area contributed by atoms with Gasteiger partial charge < -0.3 is 68.5 Å². The number of rotatable bonds is 25. The third-order valence-corrected chi connectivity index (χ3v) is 9.84. The van der Waals surface area contributed by atoms with Gasteiger partial charge in [0.05, 0.1) is 31.8 Å². The Balaban J connectivity index is 2.71. The van der Waals surface area contributed by atoms with E-state index < -0.39 is 145 Å². The monoisotopic (exact) mass is 874 g/mol. The van der Waals surface area contributed by atoms with Crippen molar-refractivity contribution in [2.45, 2.75) is 122 Å². The summed E-state index contributed by atoms with van der Waals surface area (Å²) < 4.78 is 0. The van der Waals surface area contributed by atoms with Gasteiger partial charge in [-0.2, -0.15) is 12.6 Å². The summed E-state index contributed by atoms with van der Waals surface area (Å²) >= 11 is 4.04. The number of nitrogens with one attached hydrogen (secondary N) is 10. The second-order valence-electron chi connectivity index (χ2n) is 14.8. The van der Waals surface area contributed by atoms with Gasteiger partial charge in [0.1, 0.15) is 42.3 Å². The normalized spacial score (nSPS) is 18.0. The van der Waals surface area contributed by atoms with E-state index in [1.54, 1.807) is 27.7 Å². The minimum Gasteiger partial charge on any atom is -0.480 e. The van der Waals surface area contributed by atoms with E-state index in [-0.39, 0.29) is 5.75 Å². The molecule has 23 nitrogen and oxygen atoms in total. The third-order valence-electron chi connectivity index (χ3n) is 9.48. The van der Waals surface area contributed by atoms with Crippen LogP contribution in [0.4, 0.5) is 0 Å². The zero-order valence-electron chi connectivity index (χ0n) is 34.9. The van der Waals surface area contributed by atoms with E-state index in [1.807, 2.05) is 0 Å². The maximum Gasteiger partial charge on any atom is 0.325 e. The van der Waals surface area contributed by atoms with Crippen LogP contribution in [-0.4, -0.2) is 161 Å². The van der Waals surface area contributed by atoms with Crippen LogP contribution in [0.1, 0.15) is 67.7 Å². The molecule has 0 aliphatic carbocycles. The number of carboxylic acid groups (broad SMARTS) is 1.